The Morgan fingerprint density at radius 3 is 2.18 bits per heavy atom. The van der Waals surface area contributed by atoms with Gasteiger partial charge in [-0.3, -0.25) is 5.11 Å². The average molecular weight is 257 g/mol. The molecule has 0 N–H and O–H groups in total. The van der Waals surface area contributed by atoms with Gasteiger partial charge in [-0.2, -0.15) is 0 Å². The maximum Gasteiger partial charge on any atom is 0.184 e. The van der Waals surface area contributed by atoms with Gasteiger partial charge in [0.15, 0.2) is 5.75 Å². The van der Waals surface area contributed by atoms with Crippen molar-refractivity contribution in [1.82, 2.24) is 0 Å². The van der Waals surface area contributed by atoms with Crippen LogP contribution >= 0.6 is 0 Å². The number of sulfone groups is 1. The molecule has 0 unspecified atom stereocenters. The largest absolute Gasteiger partial charge is 0.494 e. The fourth-order valence-electron chi connectivity index (χ4n) is 1.51. The summed E-state index contributed by atoms with van der Waals surface area (Å²) in [5.41, 5.74) is 1.28. The first-order valence-corrected chi connectivity index (χ1v) is 7.44. The van der Waals surface area contributed by atoms with Crippen LogP contribution in [0.5, 0.6) is 11.5 Å². The second kappa shape index (κ2) is 5.40. The van der Waals surface area contributed by atoms with E-state index in [9.17, 15) is 13.5 Å². The first-order chi connectivity index (χ1) is 7.79. The quantitative estimate of drug-likeness (QED) is 0.760. The average Bonchev–Trinajstić information content (AvgIpc) is 2.19. The van der Waals surface area contributed by atoms with Crippen LogP contribution in [-0.4, -0.2) is 27.0 Å². The van der Waals surface area contributed by atoms with Crippen LogP contribution < -0.4 is 4.74 Å². The van der Waals surface area contributed by atoms with Crippen molar-refractivity contribution in [3.63, 3.8) is 0 Å². The van der Waals surface area contributed by atoms with E-state index in [-0.39, 0.29) is 11.5 Å². The van der Waals surface area contributed by atoms with Crippen LogP contribution in [0.3, 0.4) is 0 Å². The molecule has 0 aliphatic rings. The summed E-state index contributed by atoms with van der Waals surface area (Å²) in [6.07, 6.45) is 1.66. The summed E-state index contributed by atoms with van der Waals surface area (Å²) >= 11 is 0. The van der Waals surface area contributed by atoms with Crippen LogP contribution in [0, 0.1) is 13.8 Å². The Labute approximate surface area is 102 Å². The van der Waals surface area contributed by atoms with Gasteiger partial charge in [0.2, 0.25) is 0 Å². The third-order valence-corrected chi connectivity index (χ3v) is 3.39. The van der Waals surface area contributed by atoms with Crippen LogP contribution in [0.2, 0.25) is 0 Å². The molecule has 1 aromatic rings. The molecule has 0 aliphatic heterocycles. The Balaban J connectivity index is 2.53. The number of hydrogen-bond acceptors (Lipinski definition) is 3. The molecule has 0 heterocycles. The molecule has 95 valence electrons. The monoisotopic (exact) mass is 257 g/mol. The van der Waals surface area contributed by atoms with Gasteiger partial charge >= 0.3 is 0 Å². The molecule has 0 aliphatic carbocycles. The van der Waals surface area contributed by atoms with E-state index < -0.39 is 9.84 Å². The molecule has 0 bridgehead atoms. The molecule has 5 heteroatoms. The highest BCUT2D eigenvalue weighted by Gasteiger charge is 2.06. The highest BCUT2D eigenvalue weighted by molar-refractivity contribution is 7.90. The molecule has 1 rings (SSSR count). The Kier molecular flexibility index (Phi) is 4.40. The highest BCUT2D eigenvalue weighted by Crippen LogP contribution is 2.27. The first-order valence-electron chi connectivity index (χ1n) is 5.38. The van der Waals surface area contributed by atoms with Gasteiger partial charge in [0.05, 0.1) is 12.4 Å². The van der Waals surface area contributed by atoms with Crippen molar-refractivity contribution < 1.29 is 18.3 Å². The fourth-order valence-corrected chi connectivity index (χ4v) is 2.15. The summed E-state index contributed by atoms with van der Waals surface area (Å²) < 4.78 is 27.2. The zero-order valence-electron chi connectivity index (χ0n) is 10.3. The molecule has 4 nitrogen and oxygen atoms in total. The first kappa shape index (κ1) is 13.8. The van der Waals surface area contributed by atoms with Gasteiger partial charge in [-0.15, -0.1) is 0 Å². The zero-order chi connectivity index (χ0) is 13.1. The third kappa shape index (κ3) is 4.65. The Bertz CT molecular complexity index is 468. The van der Waals surface area contributed by atoms with Crippen molar-refractivity contribution in [3.8, 4) is 11.5 Å². The summed E-state index contributed by atoms with van der Waals surface area (Å²) in [5.74, 6) is 0.756. The van der Waals surface area contributed by atoms with E-state index in [1.165, 1.54) is 6.26 Å². The molecular weight excluding hydrogens is 240 g/mol. The Morgan fingerprint density at radius 1 is 1.18 bits per heavy atom. The number of hydrogen-bond donors (Lipinski definition) is 0. The van der Waals surface area contributed by atoms with Crippen molar-refractivity contribution in [2.24, 2.45) is 0 Å². The van der Waals surface area contributed by atoms with E-state index in [2.05, 4.69) is 0 Å². The lowest BCUT2D eigenvalue weighted by Crippen LogP contribution is -2.08. The molecule has 0 spiro atoms. The van der Waals surface area contributed by atoms with Crippen molar-refractivity contribution >= 4 is 9.84 Å². The van der Waals surface area contributed by atoms with Crippen LogP contribution in [-0.2, 0) is 14.9 Å². The van der Waals surface area contributed by atoms with Gasteiger partial charge in [0.25, 0.3) is 0 Å². The summed E-state index contributed by atoms with van der Waals surface area (Å²) in [5, 5.41) is 11.4. The van der Waals surface area contributed by atoms with E-state index >= 15 is 0 Å². The van der Waals surface area contributed by atoms with Gasteiger partial charge in [-0.05, 0) is 32.4 Å². The molecule has 0 aromatic heterocycles. The SMILES string of the molecule is Cc1cc(OCCCS(C)(=O)=O)cc(C)c1[O]. The zero-order valence-corrected chi connectivity index (χ0v) is 11.1. The van der Waals surface area contributed by atoms with Gasteiger partial charge in [-0.25, -0.2) is 8.42 Å². The van der Waals surface area contributed by atoms with Crippen molar-refractivity contribution in [1.29, 1.82) is 0 Å². The second-order valence-electron chi connectivity index (χ2n) is 4.22. The van der Waals surface area contributed by atoms with Crippen molar-refractivity contribution in [2.75, 3.05) is 18.6 Å². The molecule has 0 saturated carbocycles. The maximum absolute atomic E-state index is 11.4. The van der Waals surface area contributed by atoms with Crippen LogP contribution in [0.25, 0.3) is 0 Å². The molecule has 17 heavy (non-hydrogen) atoms. The molecular formula is C12H17O4S. The maximum atomic E-state index is 11.4. The van der Waals surface area contributed by atoms with E-state index in [1.54, 1.807) is 26.0 Å². The van der Waals surface area contributed by atoms with Gasteiger partial charge in [0.1, 0.15) is 15.6 Å². The summed E-state index contributed by atoms with van der Waals surface area (Å²) in [6.45, 7) is 3.81. The molecule has 0 saturated heterocycles. The number of aryl methyl sites for hydroxylation is 2. The van der Waals surface area contributed by atoms with Crippen LogP contribution in [0.4, 0.5) is 0 Å². The smallest absolute Gasteiger partial charge is 0.184 e. The standard InChI is InChI=1S/C12H17O4S/c1-9-7-11(8-10(2)12(9)13)16-5-4-6-17(3,14)15/h7-8H,4-6H2,1-3H3. The molecule has 0 fully saturated rings. The molecule has 0 amide bonds. The number of benzene rings is 1. The molecule has 1 aromatic carbocycles. The Morgan fingerprint density at radius 2 is 1.71 bits per heavy atom. The minimum atomic E-state index is -2.93. The third-order valence-electron chi connectivity index (χ3n) is 2.36. The normalized spacial score (nSPS) is 11.5. The van der Waals surface area contributed by atoms with Gasteiger partial charge in [0, 0.05) is 17.4 Å². The predicted octanol–water partition coefficient (Wildman–Crippen LogP) is 2.26. The second-order valence-corrected chi connectivity index (χ2v) is 6.48. The Hall–Kier alpha value is -1.23. The summed E-state index contributed by atoms with van der Waals surface area (Å²) in [4.78, 5) is 0. The minimum Gasteiger partial charge on any atom is -0.494 e. The topological polar surface area (TPSA) is 63.3 Å². The van der Waals surface area contributed by atoms with Crippen molar-refractivity contribution in [2.45, 2.75) is 20.3 Å². The lowest BCUT2D eigenvalue weighted by Gasteiger charge is -2.08. The van der Waals surface area contributed by atoms with Gasteiger partial charge in [-0.1, -0.05) is 0 Å². The lowest BCUT2D eigenvalue weighted by molar-refractivity contribution is 0.313. The van der Waals surface area contributed by atoms with E-state index in [0.29, 0.717) is 29.9 Å². The van der Waals surface area contributed by atoms with E-state index in [1.807, 2.05) is 0 Å². The lowest BCUT2D eigenvalue weighted by atomic mass is 10.1. The van der Waals surface area contributed by atoms with E-state index in [4.69, 9.17) is 4.74 Å². The number of ether oxygens (including phenoxy) is 1. The van der Waals surface area contributed by atoms with Gasteiger partial charge < -0.3 is 4.74 Å². The predicted molar refractivity (Wildman–Crippen MR) is 65.9 cm³/mol. The van der Waals surface area contributed by atoms with E-state index in [0.717, 1.165) is 0 Å². The number of rotatable bonds is 5. The highest BCUT2D eigenvalue weighted by atomic mass is 32.2. The van der Waals surface area contributed by atoms with Crippen LogP contribution in [0.15, 0.2) is 12.1 Å². The molecule has 0 atom stereocenters. The minimum absolute atomic E-state index is 0.0217. The summed E-state index contributed by atoms with van der Waals surface area (Å²) in [7, 11) is -2.93. The van der Waals surface area contributed by atoms with Crippen LogP contribution in [0.1, 0.15) is 17.5 Å². The fraction of sp³-hybridized carbons (Fsp3) is 0.500. The van der Waals surface area contributed by atoms with Crippen molar-refractivity contribution in [3.05, 3.63) is 23.3 Å². The summed E-state index contributed by atoms with van der Waals surface area (Å²) in [6, 6.07) is 3.35. The molecule has 1 radical (unpaired) electrons.